The van der Waals surface area contributed by atoms with Gasteiger partial charge < -0.3 is 15.2 Å². The Labute approximate surface area is 128 Å². The van der Waals surface area contributed by atoms with Gasteiger partial charge in [0.05, 0.1) is 25.4 Å². The molecule has 0 bridgehead atoms. The number of aliphatic hydroxyl groups excluding tert-OH is 1. The van der Waals surface area contributed by atoms with Gasteiger partial charge in [-0.05, 0) is 35.9 Å². The smallest absolute Gasteiger partial charge is 0.141 e. The van der Waals surface area contributed by atoms with Crippen LogP contribution >= 0.6 is 23.2 Å². The van der Waals surface area contributed by atoms with Crippen molar-refractivity contribution in [3.8, 4) is 5.75 Å². The number of aliphatic hydroxyl groups is 1. The van der Waals surface area contributed by atoms with E-state index in [0.717, 1.165) is 11.3 Å². The number of ether oxygens (including phenoxy) is 1. The van der Waals surface area contributed by atoms with E-state index in [1.165, 1.54) is 0 Å². The van der Waals surface area contributed by atoms with E-state index in [0.29, 0.717) is 15.8 Å². The van der Waals surface area contributed by atoms with Crippen molar-refractivity contribution in [1.29, 1.82) is 0 Å². The van der Waals surface area contributed by atoms with Crippen molar-refractivity contribution < 1.29 is 9.84 Å². The highest BCUT2D eigenvalue weighted by atomic mass is 35.5. The second-order valence-corrected chi connectivity index (χ2v) is 5.16. The number of methoxy groups -OCH3 is 1. The number of nitrogens with one attached hydrogen (secondary N) is 1. The fourth-order valence-electron chi connectivity index (χ4n) is 1.96. The van der Waals surface area contributed by atoms with Crippen LogP contribution in [0.4, 0.5) is 5.69 Å². The lowest BCUT2D eigenvalue weighted by Crippen LogP contribution is -2.15. The Hall–Kier alpha value is -1.42. The van der Waals surface area contributed by atoms with Gasteiger partial charge in [0.25, 0.3) is 0 Å². The first-order valence-corrected chi connectivity index (χ1v) is 6.86. The van der Waals surface area contributed by atoms with Crippen LogP contribution < -0.4 is 10.1 Å². The summed E-state index contributed by atoms with van der Waals surface area (Å²) in [6, 6.07) is 12.4. The summed E-state index contributed by atoms with van der Waals surface area (Å²) in [6.45, 7) is -0.0886. The molecule has 5 heteroatoms. The van der Waals surface area contributed by atoms with Crippen LogP contribution in [0.15, 0.2) is 42.5 Å². The molecule has 0 aliphatic heterocycles. The molecule has 0 aliphatic rings. The minimum absolute atomic E-state index is 0.0886. The van der Waals surface area contributed by atoms with Crippen LogP contribution in [-0.4, -0.2) is 18.8 Å². The predicted molar refractivity (Wildman–Crippen MR) is 82.9 cm³/mol. The summed E-state index contributed by atoms with van der Waals surface area (Å²) in [5.41, 5.74) is 1.61. The second-order valence-electron chi connectivity index (χ2n) is 4.28. The number of anilines is 1. The molecule has 0 radical (unpaired) electrons. The first kappa shape index (κ1) is 15.0. The maximum Gasteiger partial charge on any atom is 0.141 e. The molecule has 2 rings (SSSR count). The standard InChI is InChI=1S/C15H15Cl2NO2/c1-20-15-5-3-2-4-13(15)18-14(9-19)10-6-11(16)8-12(17)7-10/h2-8,14,18-19H,9H2,1H3. The van der Waals surface area contributed by atoms with Crippen LogP contribution in [0.3, 0.4) is 0 Å². The molecule has 0 aromatic heterocycles. The Morgan fingerprint density at radius 2 is 1.80 bits per heavy atom. The van der Waals surface area contributed by atoms with Crippen molar-refractivity contribution in [3.05, 3.63) is 58.1 Å². The lowest BCUT2D eigenvalue weighted by molar-refractivity contribution is 0.276. The topological polar surface area (TPSA) is 41.5 Å². The van der Waals surface area contributed by atoms with Gasteiger partial charge in [-0.1, -0.05) is 35.3 Å². The molecular formula is C15H15Cl2NO2. The summed E-state index contributed by atoms with van der Waals surface area (Å²) >= 11 is 12.0. The van der Waals surface area contributed by atoms with Gasteiger partial charge in [0, 0.05) is 10.0 Å². The van der Waals surface area contributed by atoms with Crippen LogP contribution in [-0.2, 0) is 0 Å². The Morgan fingerprint density at radius 3 is 2.40 bits per heavy atom. The first-order valence-electron chi connectivity index (χ1n) is 6.10. The van der Waals surface area contributed by atoms with Gasteiger partial charge in [0.15, 0.2) is 0 Å². The molecule has 1 unspecified atom stereocenters. The van der Waals surface area contributed by atoms with Crippen LogP contribution in [0, 0.1) is 0 Å². The molecule has 3 nitrogen and oxygen atoms in total. The molecule has 0 amide bonds. The molecular weight excluding hydrogens is 297 g/mol. The van der Waals surface area contributed by atoms with Crippen molar-refractivity contribution in [2.45, 2.75) is 6.04 Å². The lowest BCUT2D eigenvalue weighted by Gasteiger charge is -2.20. The van der Waals surface area contributed by atoms with Gasteiger partial charge in [0.1, 0.15) is 5.75 Å². The highest BCUT2D eigenvalue weighted by molar-refractivity contribution is 6.34. The van der Waals surface area contributed by atoms with Gasteiger partial charge in [-0.15, -0.1) is 0 Å². The van der Waals surface area contributed by atoms with Crippen LogP contribution in [0.5, 0.6) is 5.75 Å². The van der Waals surface area contributed by atoms with Gasteiger partial charge in [-0.25, -0.2) is 0 Å². The third-order valence-corrected chi connectivity index (χ3v) is 3.34. The zero-order chi connectivity index (χ0) is 14.5. The molecule has 20 heavy (non-hydrogen) atoms. The number of rotatable bonds is 5. The molecule has 2 aromatic carbocycles. The average molecular weight is 312 g/mol. The van der Waals surface area contributed by atoms with Crippen molar-refractivity contribution >= 4 is 28.9 Å². The minimum atomic E-state index is -0.317. The van der Waals surface area contributed by atoms with Crippen LogP contribution in [0.1, 0.15) is 11.6 Å². The van der Waals surface area contributed by atoms with E-state index in [1.54, 1.807) is 25.3 Å². The molecule has 0 saturated heterocycles. The average Bonchev–Trinajstić information content (AvgIpc) is 2.44. The summed E-state index contributed by atoms with van der Waals surface area (Å²) in [4.78, 5) is 0. The van der Waals surface area contributed by atoms with E-state index in [1.807, 2.05) is 24.3 Å². The molecule has 2 N–H and O–H groups in total. The van der Waals surface area contributed by atoms with E-state index in [-0.39, 0.29) is 12.6 Å². The summed E-state index contributed by atoms with van der Waals surface area (Å²) in [5, 5.41) is 13.9. The normalized spacial score (nSPS) is 12.0. The maximum absolute atomic E-state index is 9.60. The minimum Gasteiger partial charge on any atom is -0.495 e. The van der Waals surface area contributed by atoms with Crippen LogP contribution in [0.2, 0.25) is 10.0 Å². The molecule has 1 atom stereocenters. The zero-order valence-electron chi connectivity index (χ0n) is 10.9. The lowest BCUT2D eigenvalue weighted by atomic mass is 10.1. The van der Waals surface area contributed by atoms with Crippen molar-refractivity contribution in [3.63, 3.8) is 0 Å². The quantitative estimate of drug-likeness (QED) is 0.871. The van der Waals surface area contributed by atoms with E-state index < -0.39 is 0 Å². The number of hydrogen-bond donors (Lipinski definition) is 2. The SMILES string of the molecule is COc1ccccc1NC(CO)c1cc(Cl)cc(Cl)c1. The Morgan fingerprint density at radius 1 is 1.15 bits per heavy atom. The van der Waals surface area contributed by atoms with E-state index >= 15 is 0 Å². The molecule has 106 valence electrons. The highest BCUT2D eigenvalue weighted by Gasteiger charge is 2.13. The number of halogens is 2. The van der Waals surface area contributed by atoms with E-state index in [2.05, 4.69) is 5.32 Å². The van der Waals surface area contributed by atoms with E-state index in [4.69, 9.17) is 27.9 Å². The zero-order valence-corrected chi connectivity index (χ0v) is 12.4. The molecule has 0 aliphatic carbocycles. The summed E-state index contributed by atoms with van der Waals surface area (Å²) in [5.74, 6) is 0.707. The summed E-state index contributed by atoms with van der Waals surface area (Å²) in [6.07, 6.45) is 0. The van der Waals surface area contributed by atoms with Crippen molar-refractivity contribution in [1.82, 2.24) is 0 Å². The van der Waals surface area contributed by atoms with Crippen molar-refractivity contribution in [2.24, 2.45) is 0 Å². The fraction of sp³-hybridized carbons (Fsp3) is 0.200. The van der Waals surface area contributed by atoms with Gasteiger partial charge in [0.2, 0.25) is 0 Å². The van der Waals surface area contributed by atoms with Gasteiger partial charge >= 0.3 is 0 Å². The predicted octanol–water partition coefficient (Wildman–Crippen LogP) is 4.15. The highest BCUT2D eigenvalue weighted by Crippen LogP contribution is 2.30. The van der Waals surface area contributed by atoms with Crippen LogP contribution in [0.25, 0.3) is 0 Å². The van der Waals surface area contributed by atoms with Gasteiger partial charge in [-0.2, -0.15) is 0 Å². The summed E-state index contributed by atoms with van der Waals surface area (Å²) in [7, 11) is 1.60. The summed E-state index contributed by atoms with van der Waals surface area (Å²) < 4.78 is 5.28. The third-order valence-electron chi connectivity index (χ3n) is 2.91. The molecule has 0 saturated carbocycles. The number of benzene rings is 2. The van der Waals surface area contributed by atoms with E-state index in [9.17, 15) is 5.11 Å². The third kappa shape index (κ3) is 3.57. The Balaban J connectivity index is 2.28. The number of hydrogen-bond acceptors (Lipinski definition) is 3. The van der Waals surface area contributed by atoms with Gasteiger partial charge in [-0.3, -0.25) is 0 Å². The first-order chi connectivity index (χ1) is 9.63. The Kier molecular flexibility index (Phi) is 5.12. The molecule has 0 fully saturated rings. The number of para-hydroxylation sites is 2. The molecule has 2 aromatic rings. The molecule has 0 heterocycles. The fourth-order valence-corrected chi connectivity index (χ4v) is 2.51. The molecule has 0 spiro atoms. The maximum atomic E-state index is 9.60. The van der Waals surface area contributed by atoms with Crippen molar-refractivity contribution in [2.75, 3.05) is 19.0 Å². The second kappa shape index (κ2) is 6.84. The largest absolute Gasteiger partial charge is 0.495 e. The monoisotopic (exact) mass is 311 g/mol. The Bertz CT molecular complexity index is 570.